The van der Waals surface area contributed by atoms with E-state index >= 15 is 0 Å². The van der Waals surface area contributed by atoms with E-state index in [0.29, 0.717) is 24.7 Å². The number of carbonyl (C=O) groups excluding carboxylic acids is 2. The highest BCUT2D eigenvalue weighted by molar-refractivity contribution is 5.92. The summed E-state index contributed by atoms with van der Waals surface area (Å²) in [5, 5.41) is 0. The average molecular weight is 395 g/mol. The van der Waals surface area contributed by atoms with E-state index in [4.69, 9.17) is 11.2 Å². The van der Waals surface area contributed by atoms with Crippen molar-refractivity contribution in [2.24, 2.45) is 28.6 Å². The zero-order valence-corrected chi connectivity index (χ0v) is 18.3. The van der Waals surface area contributed by atoms with E-state index in [1.807, 2.05) is 19.9 Å². The first-order chi connectivity index (χ1) is 13.6. The van der Waals surface area contributed by atoms with E-state index in [0.717, 1.165) is 38.5 Å². The summed E-state index contributed by atoms with van der Waals surface area (Å²) in [6, 6.07) is 0. The summed E-state index contributed by atoms with van der Waals surface area (Å²) >= 11 is 0. The van der Waals surface area contributed by atoms with Crippen molar-refractivity contribution in [3.8, 4) is 12.3 Å². The number of carbonyl (C=O) groups is 2. The number of hydrogen-bond acceptors (Lipinski definition) is 3. The molecule has 0 aromatic carbocycles. The maximum Gasteiger partial charge on any atom is 0.307 e. The Labute approximate surface area is 175 Å². The predicted molar refractivity (Wildman–Crippen MR) is 114 cm³/mol. The average Bonchev–Trinajstić information content (AvgIpc) is 2.94. The number of ketones is 1. The molecule has 4 aliphatic carbocycles. The van der Waals surface area contributed by atoms with Gasteiger partial charge in [-0.2, -0.15) is 0 Å². The van der Waals surface area contributed by atoms with Crippen molar-refractivity contribution in [2.45, 2.75) is 84.7 Å². The van der Waals surface area contributed by atoms with Crippen LogP contribution in [0.4, 0.5) is 0 Å². The van der Waals surface area contributed by atoms with Gasteiger partial charge in [-0.25, -0.2) is 0 Å². The number of terminal acetylenes is 1. The van der Waals surface area contributed by atoms with Crippen LogP contribution in [-0.4, -0.2) is 17.4 Å². The Morgan fingerprint density at radius 2 is 2.03 bits per heavy atom. The van der Waals surface area contributed by atoms with Gasteiger partial charge in [0.2, 0.25) is 0 Å². The van der Waals surface area contributed by atoms with Gasteiger partial charge in [0, 0.05) is 23.7 Å². The van der Waals surface area contributed by atoms with Crippen molar-refractivity contribution in [3.63, 3.8) is 0 Å². The molecule has 0 heterocycles. The minimum atomic E-state index is -0.800. The van der Waals surface area contributed by atoms with Crippen LogP contribution in [0.1, 0.15) is 79.1 Å². The van der Waals surface area contributed by atoms with Crippen molar-refractivity contribution in [1.82, 2.24) is 0 Å². The third-order valence-electron chi connectivity index (χ3n) is 8.55. The first kappa shape index (κ1) is 20.5. The highest BCUT2D eigenvalue weighted by Crippen LogP contribution is 2.66. The number of rotatable bonds is 3. The van der Waals surface area contributed by atoms with Crippen LogP contribution in [0.25, 0.3) is 0 Å². The van der Waals surface area contributed by atoms with Crippen LogP contribution in [0.2, 0.25) is 0 Å². The highest BCUT2D eigenvalue weighted by Gasteiger charge is 2.63. The fraction of sp³-hybridized carbons (Fsp3) is 0.692. The van der Waals surface area contributed by atoms with E-state index in [9.17, 15) is 9.59 Å². The van der Waals surface area contributed by atoms with E-state index in [1.165, 1.54) is 11.1 Å². The summed E-state index contributed by atoms with van der Waals surface area (Å²) in [5.41, 5.74) is 1.85. The van der Waals surface area contributed by atoms with Crippen molar-refractivity contribution in [1.29, 1.82) is 0 Å². The fourth-order valence-electron chi connectivity index (χ4n) is 6.86. The molecule has 0 N–H and O–H groups in total. The van der Waals surface area contributed by atoms with E-state index in [-0.39, 0.29) is 28.5 Å². The Kier molecular flexibility index (Phi) is 4.84. The topological polar surface area (TPSA) is 43.4 Å². The second-order valence-electron chi connectivity index (χ2n) is 10.6. The van der Waals surface area contributed by atoms with Crippen LogP contribution in [0, 0.1) is 40.9 Å². The summed E-state index contributed by atoms with van der Waals surface area (Å²) in [4.78, 5) is 24.6. The summed E-state index contributed by atoms with van der Waals surface area (Å²) in [6.07, 6.45) is 17.0. The second-order valence-corrected chi connectivity index (χ2v) is 10.6. The van der Waals surface area contributed by atoms with Gasteiger partial charge < -0.3 is 4.74 Å². The standard InChI is InChI=1S/C26H34O3/c1-6-26(29-23(28)15-17(2)3)14-11-22-20-8-7-18-16-19(27)9-12-24(18,4)21(20)10-13-25(22,26)5/h1,10,16-17,20,22H,7-9,11-15H2,2-5H3/t20-,22+,24+,25+,26+/m1/s1. The van der Waals surface area contributed by atoms with Crippen LogP contribution in [0.15, 0.2) is 23.3 Å². The molecule has 0 aliphatic heterocycles. The fourth-order valence-corrected chi connectivity index (χ4v) is 6.86. The van der Waals surface area contributed by atoms with Crippen LogP contribution in [0.5, 0.6) is 0 Å². The van der Waals surface area contributed by atoms with Crippen LogP contribution < -0.4 is 0 Å². The highest BCUT2D eigenvalue weighted by atomic mass is 16.6. The van der Waals surface area contributed by atoms with Gasteiger partial charge in [0.05, 0.1) is 0 Å². The number of ether oxygens (including phenoxy) is 1. The lowest BCUT2D eigenvalue weighted by molar-refractivity contribution is -0.166. The number of hydrogen-bond donors (Lipinski definition) is 0. The lowest BCUT2D eigenvalue weighted by Gasteiger charge is -2.54. The Morgan fingerprint density at radius 1 is 1.28 bits per heavy atom. The van der Waals surface area contributed by atoms with Crippen molar-refractivity contribution < 1.29 is 14.3 Å². The summed E-state index contributed by atoms with van der Waals surface area (Å²) in [6.45, 7) is 8.64. The van der Waals surface area contributed by atoms with Gasteiger partial charge in [0.25, 0.3) is 0 Å². The van der Waals surface area contributed by atoms with Crippen LogP contribution in [-0.2, 0) is 14.3 Å². The molecule has 4 rings (SSSR count). The maximum atomic E-state index is 12.6. The quantitative estimate of drug-likeness (QED) is 0.366. The van der Waals surface area contributed by atoms with Gasteiger partial charge in [-0.3, -0.25) is 9.59 Å². The van der Waals surface area contributed by atoms with Crippen molar-refractivity contribution >= 4 is 11.8 Å². The molecule has 0 saturated heterocycles. The Balaban J connectivity index is 1.68. The first-order valence-corrected chi connectivity index (χ1v) is 11.3. The molecule has 0 spiro atoms. The zero-order chi connectivity index (χ0) is 21.0. The molecule has 3 nitrogen and oxygen atoms in total. The molecule has 2 fully saturated rings. The lowest BCUT2D eigenvalue weighted by atomic mass is 9.51. The van der Waals surface area contributed by atoms with Gasteiger partial charge in [0.15, 0.2) is 11.4 Å². The number of allylic oxidation sites excluding steroid dienone is 4. The van der Waals surface area contributed by atoms with Gasteiger partial charge in [0.1, 0.15) is 0 Å². The predicted octanol–water partition coefficient (Wildman–Crippen LogP) is 5.40. The molecule has 0 unspecified atom stereocenters. The van der Waals surface area contributed by atoms with Crippen LogP contribution in [0.3, 0.4) is 0 Å². The Hall–Kier alpha value is -1.82. The second kappa shape index (κ2) is 6.86. The smallest absolute Gasteiger partial charge is 0.307 e. The van der Waals surface area contributed by atoms with Gasteiger partial charge >= 0.3 is 5.97 Å². The Morgan fingerprint density at radius 3 is 2.72 bits per heavy atom. The summed E-state index contributed by atoms with van der Waals surface area (Å²) in [5.74, 6) is 4.24. The molecule has 29 heavy (non-hydrogen) atoms. The molecule has 156 valence electrons. The molecule has 3 heteroatoms. The molecule has 0 bridgehead atoms. The minimum Gasteiger partial charge on any atom is -0.445 e. The molecule has 0 radical (unpaired) electrons. The van der Waals surface area contributed by atoms with Crippen molar-refractivity contribution in [2.75, 3.05) is 0 Å². The van der Waals surface area contributed by atoms with E-state index in [2.05, 4.69) is 25.8 Å². The van der Waals surface area contributed by atoms with Crippen molar-refractivity contribution in [3.05, 3.63) is 23.3 Å². The molecular formula is C26H34O3. The molecule has 0 aromatic rings. The minimum absolute atomic E-state index is 0.0217. The summed E-state index contributed by atoms with van der Waals surface area (Å²) in [7, 11) is 0. The van der Waals surface area contributed by atoms with Gasteiger partial charge in [-0.05, 0) is 62.4 Å². The molecule has 0 aromatic heterocycles. The molecule has 2 saturated carbocycles. The normalized spacial score (nSPS) is 40.9. The number of fused-ring (bicyclic) bond motifs is 5. The monoisotopic (exact) mass is 394 g/mol. The maximum absolute atomic E-state index is 12.6. The summed E-state index contributed by atoms with van der Waals surface area (Å²) < 4.78 is 6.10. The SMILES string of the molecule is C#C[C@]1(OC(=O)CC(C)C)CC[C@H]2[C@@H]3CCC4=CC(=O)CC[C@]4(C)C3=CC[C@@]21C. The molecular weight excluding hydrogens is 360 g/mol. The van der Waals surface area contributed by atoms with Gasteiger partial charge in [-0.1, -0.05) is 50.8 Å². The van der Waals surface area contributed by atoms with Gasteiger partial charge in [-0.15, -0.1) is 6.42 Å². The Bertz CT molecular complexity index is 841. The largest absolute Gasteiger partial charge is 0.445 e. The third-order valence-corrected chi connectivity index (χ3v) is 8.55. The molecule has 4 aliphatic rings. The van der Waals surface area contributed by atoms with E-state index in [1.54, 1.807) is 0 Å². The first-order valence-electron chi connectivity index (χ1n) is 11.3. The van der Waals surface area contributed by atoms with Crippen LogP contribution >= 0.6 is 0 Å². The van der Waals surface area contributed by atoms with E-state index < -0.39 is 5.60 Å². The third kappa shape index (κ3) is 2.94. The number of esters is 1. The molecule has 0 amide bonds. The molecule has 5 atom stereocenters. The lowest BCUT2D eigenvalue weighted by Crippen LogP contribution is -2.52. The zero-order valence-electron chi connectivity index (χ0n) is 18.3.